The molecule has 0 radical (unpaired) electrons. The molecule has 5 nitrogen and oxygen atoms in total. The van der Waals surface area contributed by atoms with Crippen molar-refractivity contribution in [3.63, 3.8) is 0 Å². The number of phenolic OH excluding ortho intramolecular Hbond substituents is 1. The SMILES string of the molecule is COc1ccccc1C1CC(c2c(O)ccc3ccccc23)=NN1c1ccccc1OC. The topological polar surface area (TPSA) is 54.3 Å². The second-order valence-corrected chi connectivity index (χ2v) is 7.71. The van der Waals surface area contributed by atoms with Gasteiger partial charge in [0.1, 0.15) is 22.9 Å². The molecule has 0 aliphatic carbocycles. The molecule has 32 heavy (non-hydrogen) atoms. The average molecular weight is 425 g/mol. The number of ether oxygens (including phenoxy) is 2. The van der Waals surface area contributed by atoms with Crippen molar-refractivity contribution in [1.29, 1.82) is 0 Å². The minimum atomic E-state index is -0.115. The van der Waals surface area contributed by atoms with Gasteiger partial charge >= 0.3 is 0 Å². The van der Waals surface area contributed by atoms with Crippen LogP contribution in [0, 0.1) is 0 Å². The van der Waals surface area contributed by atoms with Gasteiger partial charge in [0.25, 0.3) is 0 Å². The molecule has 160 valence electrons. The largest absolute Gasteiger partial charge is 0.507 e. The van der Waals surface area contributed by atoms with Crippen molar-refractivity contribution in [2.24, 2.45) is 5.10 Å². The quantitative estimate of drug-likeness (QED) is 0.432. The van der Waals surface area contributed by atoms with E-state index >= 15 is 0 Å². The van der Waals surface area contributed by atoms with Gasteiger partial charge in [0, 0.05) is 17.5 Å². The van der Waals surface area contributed by atoms with Crippen LogP contribution in [-0.2, 0) is 0 Å². The lowest BCUT2D eigenvalue weighted by atomic mass is 9.94. The maximum atomic E-state index is 10.8. The van der Waals surface area contributed by atoms with E-state index in [0.717, 1.165) is 44.8 Å². The van der Waals surface area contributed by atoms with Crippen molar-refractivity contribution >= 4 is 22.2 Å². The number of anilines is 1. The summed E-state index contributed by atoms with van der Waals surface area (Å²) in [6.07, 6.45) is 0.611. The summed E-state index contributed by atoms with van der Waals surface area (Å²) in [6.45, 7) is 0. The molecule has 0 aromatic heterocycles. The van der Waals surface area contributed by atoms with Crippen LogP contribution >= 0.6 is 0 Å². The van der Waals surface area contributed by atoms with Crippen molar-refractivity contribution in [3.8, 4) is 17.2 Å². The summed E-state index contributed by atoms with van der Waals surface area (Å²) >= 11 is 0. The first-order valence-corrected chi connectivity index (χ1v) is 10.5. The number of rotatable bonds is 5. The number of nitrogens with zero attached hydrogens (tertiary/aromatic N) is 2. The van der Waals surface area contributed by atoms with Gasteiger partial charge in [-0.1, -0.05) is 60.7 Å². The van der Waals surface area contributed by atoms with E-state index in [2.05, 4.69) is 6.07 Å². The molecule has 1 aliphatic heterocycles. The Kier molecular flexibility index (Phi) is 5.15. The van der Waals surface area contributed by atoms with E-state index in [1.165, 1.54) is 0 Å². The monoisotopic (exact) mass is 424 g/mol. The van der Waals surface area contributed by atoms with Crippen LogP contribution in [-0.4, -0.2) is 25.0 Å². The fraction of sp³-hybridized carbons (Fsp3) is 0.148. The van der Waals surface area contributed by atoms with Gasteiger partial charge in [-0.15, -0.1) is 0 Å². The third kappa shape index (κ3) is 3.32. The van der Waals surface area contributed by atoms with E-state index in [1.807, 2.05) is 77.8 Å². The van der Waals surface area contributed by atoms with Crippen molar-refractivity contribution in [2.45, 2.75) is 12.5 Å². The molecule has 5 rings (SSSR count). The molecule has 1 unspecified atom stereocenters. The zero-order valence-corrected chi connectivity index (χ0v) is 18.0. The van der Waals surface area contributed by atoms with Crippen LogP contribution in [0.1, 0.15) is 23.6 Å². The van der Waals surface area contributed by atoms with Gasteiger partial charge in [0.05, 0.1) is 26.0 Å². The minimum Gasteiger partial charge on any atom is -0.507 e. The van der Waals surface area contributed by atoms with Gasteiger partial charge in [-0.2, -0.15) is 5.10 Å². The molecule has 1 N–H and O–H groups in total. The van der Waals surface area contributed by atoms with Crippen LogP contribution in [0.4, 0.5) is 5.69 Å². The number of aromatic hydroxyl groups is 1. The second kappa shape index (κ2) is 8.27. The van der Waals surface area contributed by atoms with E-state index in [-0.39, 0.29) is 11.8 Å². The van der Waals surface area contributed by atoms with Gasteiger partial charge in [-0.25, -0.2) is 0 Å². The van der Waals surface area contributed by atoms with Gasteiger partial charge in [0.15, 0.2) is 0 Å². The minimum absolute atomic E-state index is 0.115. The van der Waals surface area contributed by atoms with Gasteiger partial charge in [-0.05, 0) is 35.0 Å². The van der Waals surface area contributed by atoms with Crippen LogP contribution in [0.25, 0.3) is 10.8 Å². The maximum Gasteiger partial charge on any atom is 0.144 e. The molecule has 0 saturated carbocycles. The second-order valence-electron chi connectivity index (χ2n) is 7.71. The summed E-state index contributed by atoms with van der Waals surface area (Å²) in [7, 11) is 3.34. The van der Waals surface area contributed by atoms with Gasteiger partial charge in [-0.3, -0.25) is 5.01 Å². The zero-order valence-electron chi connectivity index (χ0n) is 18.0. The third-order valence-corrected chi connectivity index (χ3v) is 5.94. The van der Waals surface area contributed by atoms with Crippen molar-refractivity contribution in [2.75, 3.05) is 19.2 Å². The molecule has 5 heteroatoms. The van der Waals surface area contributed by atoms with E-state index < -0.39 is 0 Å². The fourth-order valence-electron chi connectivity index (χ4n) is 4.45. The number of benzene rings is 4. The molecule has 0 saturated heterocycles. The first-order valence-electron chi connectivity index (χ1n) is 10.5. The molecular formula is C27H24N2O3. The predicted molar refractivity (Wildman–Crippen MR) is 128 cm³/mol. The molecule has 4 aromatic rings. The summed E-state index contributed by atoms with van der Waals surface area (Å²) in [5, 5.41) is 19.9. The van der Waals surface area contributed by atoms with E-state index in [0.29, 0.717) is 6.42 Å². The van der Waals surface area contributed by atoms with E-state index in [4.69, 9.17) is 14.6 Å². The van der Waals surface area contributed by atoms with Crippen LogP contribution in [0.2, 0.25) is 0 Å². The standard InChI is InChI=1S/C27H24N2O3/c1-31-25-13-7-5-11-20(25)23-17-21(28-29(23)22-12-6-8-14-26(22)32-2)27-19-10-4-3-9-18(19)15-16-24(27)30/h3-16,23,30H,17H2,1-2H3. The molecule has 4 aromatic carbocycles. The summed E-state index contributed by atoms with van der Waals surface area (Å²) in [5.41, 5.74) is 3.47. The molecule has 0 fully saturated rings. The number of hydrogen-bond acceptors (Lipinski definition) is 5. The Morgan fingerprint density at radius 3 is 2.31 bits per heavy atom. The van der Waals surface area contributed by atoms with E-state index in [1.54, 1.807) is 20.3 Å². The lowest BCUT2D eigenvalue weighted by Crippen LogP contribution is -2.19. The summed E-state index contributed by atoms with van der Waals surface area (Å²) in [5.74, 6) is 1.76. The first-order chi connectivity index (χ1) is 15.7. The normalized spacial score (nSPS) is 15.6. The molecule has 1 atom stereocenters. The number of phenols is 1. The van der Waals surface area contributed by atoms with Crippen LogP contribution < -0.4 is 14.5 Å². The highest BCUT2D eigenvalue weighted by atomic mass is 16.5. The predicted octanol–water partition coefficient (Wildman–Crippen LogP) is 5.92. The lowest BCUT2D eigenvalue weighted by Gasteiger charge is -2.26. The Hall–Kier alpha value is -3.99. The highest BCUT2D eigenvalue weighted by Crippen LogP contribution is 2.44. The molecule has 0 spiro atoms. The third-order valence-electron chi connectivity index (χ3n) is 5.94. The number of fused-ring (bicyclic) bond motifs is 1. The Balaban J connectivity index is 1.70. The molecule has 0 amide bonds. The van der Waals surface area contributed by atoms with Crippen molar-refractivity contribution < 1.29 is 14.6 Å². The Morgan fingerprint density at radius 2 is 1.50 bits per heavy atom. The Labute approximate surface area is 187 Å². The highest BCUT2D eigenvalue weighted by Gasteiger charge is 2.34. The Morgan fingerprint density at radius 1 is 0.812 bits per heavy atom. The number of hydrazone groups is 1. The summed E-state index contributed by atoms with van der Waals surface area (Å²) in [4.78, 5) is 0. The smallest absolute Gasteiger partial charge is 0.144 e. The number of methoxy groups -OCH3 is 2. The van der Waals surface area contributed by atoms with Crippen LogP contribution in [0.5, 0.6) is 17.2 Å². The number of hydrogen-bond donors (Lipinski definition) is 1. The molecule has 0 bridgehead atoms. The highest BCUT2D eigenvalue weighted by molar-refractivity contribution is 6.14. The maximum absolute atomic E-state index is 10.8. The van der Waals surface area contributed by atoms with Gasteiger partial charge < -0.3 is 14.6 Å². The first kappa shape index (κ1) is 19.9. The van der Waals surface area contributed by atoms with Crippen molar-refractivity contribution in [3.05, 3.63) is 96.1 Å². The summed E-state index contributed by atoms with van der Waals surface area (Å²) in [6, 6.07) is 27.4. The zero-order chi connectivity index (χ0) is 22.1. The fourth-order valence-corrected chi connectivity index (χ4v) is 4.45. The van der Waals surface area contributed by atoms with Crippen LogP contribution in [0.15, 0.2) is 90.0 Å². The number of para-hydroxylation sites is 3. The molecular weight excluding hydrogens is 400 g/mol. The molecule has 1 heterocycles. The van der Waals surface area contributed by atoms with Crippen LogP contribution in [0.3, 0.4) is 0 Å². The average Bonchev–Trinajstić information content (AvgIpc) is 3.28. The summed E-state index contributed by atoms with van der Waals surface area (Å²) < 4.78 is 11.3. The van der Waals surface area contributed by atoms with Crippen molar-refractivity contribution in [1.82, 2.24) is 0 Å². The Bertz CT molecular complexity index is 1320. The molecule has 1 aliphatic rings. The van der Waals surface area contributed by atoms with E-state index in [9.17, 15) is 5.11 Å². The lowest BCUT2D eigenvalue weighted by molar-refractivity contribution is 0.403. The van der Waals surface area contributed by atoms with Gasteiger partial charge in [0.2, 0.25) is 0 Å².